The van der Waals surface area contributed by atoms with Crippen molar-refractivity contribution < 1.29 is 9.53 Å². The molecule has 12 heavy (non-hydrogen) atoms. The van der Waals surface area contributed by atoms with Crippen molar-refractivity contribution in [2.24, 2.45) is 0 Å². The third-order valence-corrected chi connectivity index (χ3v) is 2.93. The van der Waals surface area contributed by atoms with E-state index in [0.717, 1.165) is 10.9 Å². The van der Waals surface area contributed by atoms with E-state index < -0.39 is 0 Å². The highest BCUT2D eigenvalue weighted by Gasteiger charge is 2.06. The largest absolute Gasteiger partial charge is 0.468 e. The zero-order chi connectivity index (χ0) is 9.56. The summed E-state index contributed by atoms with van der Waals surface area (Å²) in [6.07, 6.45) is 0. The van der Waals surface area contributed by atoms with Crippen LogP contribution < -0.4 is 0 Å². The molecule has 0 rings (SSSR count). The third kappa shape index (κ3) is 4.56. The van der Waals surface area contributed by atoms with Crippen molar-refractivity contribution in [1.82, 2.24) is 4.90 Å². The van der Waals surface area contributed by atoms with Crippen molar-refractivity contribution in [2.45, 2.75) is 6.92 Å². The fourth-order valence-electron chi connectivity index (χ4n) is 0.419. The van der Waals surface area contributed by atoms with E-state index in [1.807, 2.05) is 18.9 Å². The van der Waals surface area contributed by atoms with Gasteiger partial charge in [0.25, 0.3) is 0 Å². The van der Waals surface area contributed by atoms with Crippen LogP contribution in [0.1, 0.15) is 6.92 Å². The van der Waals surface area contributed by atoms with Gasteiger partial charge in [0.2, 0.25) is 0 Å². The highest BCUT2D eigenvalue weighted by atomic mass is 32.2. The number of ether oxygens (including phenoxy) is 1. The number of carbonyl (C=O) groups is 1. The van der Waals surface area contributed by atoms with Crippen LogP contribution in [-0.4, -0.2) is 41.6 Å². The maximum absolute atomic E-state index is 10.7. The molecule has 0 unspecified atom stereocenters. The topological polar surface area (TPSA) is 29.5 Å². The van der Waals surface area contributed by atoms with Gasteiger partial charge in [-0.15, -0.1) is 0 Å². The number of thioether (sulfide) groups is 1. The van der Waals surface area contributed by atoms with Gasteiger partial charge in [0, 0.05) is 13.6 Å². The van der Waals surface area contributed by atoms with E-state index in [1.165, 1.54) is 18.9 Å². The first-order valence-electron chi connectivity index (χ1n) is 3.56. The van der Waals surface area contributed by atoms with Gasteiger partial charge in [-0.3, -0.25) is 4.79 Å². The van der Waals surface area contributed by atoms with E-state index in [9.17, 15) is 4.79 Å². The van der Waals surface area contributed by atoms with Crippen molar-refractivity contribution in [3.8, 4) is 0 Å². The number of hydrogen-bond donors (Lipinski definition) is 0. The summed E-state index contributed by atoms with van der Waals surface area (Å²) in [5.41, 5.74) is 0. The number of nitrogens with zero attached hydrogens (tertiary/aromatic N) is 1. The van der Waals surface area contributed by atoms with E-state index in [2.05, 4.69) is 4.74 Å². The van der Waals surface area contributed by atoms with Crippen LogP contribution in [0.2, 0.25) is 0 Å². The van der Waals surface area contributed by atoms with Crippen LogP contribution in [-0.2, 0) is 9.53 Å². The summed E-state index contributed by atoms with van der Waals surface area (Å²) in [6.45, 7) is 2.86. The van der Waals surface area contributed by atoms with Gasteiger partial charge < -0.3 is 9.64 Å². The first kappa shape index (κ1) is 11.7. The van der Waals surface area contributed by atoms with Gasteiger partial charge in [-0.25, -0.2) is 0 Å². The molecule has 0 bridgehead atoms. The molecular formula is C7H13NO2S2. The molecule has 0 radical (unpaired) electrons. The second-order valence-electron chi connectivity index (χ2n) is 2.14. The molecule has 0 amide bonds. The summed E-state index contributed by atoms with van der Waals surface area (Å²) in [6, 6.07) is 0. The van der Waals surface area contributed by atoms with Gasteiger partial charge in [0.1, 0.15) is 4.32 Å². The van der Waals surface area contributed by atoms with Crippen molar-refractivity contribution in [2.75, 3.05) is 26.5 Å². The Balaban J connectivity index is 3.64. The minimum absolute atomic E-state index is 0.244. The van der Waals surface area contributed by atoms with Crippen LogP contribution in [0.15, 0.2) is 0 Å². The minimum atomic E-state index is -0.244. The lowest BCUT2D eigenvalue weighted by molar-refractivity contribution is -0.137. The molecule has 0 saturated heterocycles. The standard InChI is InChI=1S/C7H13NO2S2/c1-4-8(2)7(11)12-5-6(9)10-3/h4-5H2,1-3H3. The number of carbonyl (C=O) groups excluding carboxylic acids is 1. The average Bonchev–Trinajstić information content (AvgIpc) is 2.11. The van der Waals surface area contributed by atoms with Gasteiger partial charge in [-0.1, -0.05) is 24.0 Å². The Hall–Kier alpha value is -0.290. The molecule has 0 saturated carbocycles. The SMILES string of the molecule is CCN(C)C(=S)SCC(=O)OC. The molecule has 5 heteroatoms. The lowest BCUT2D eigenvalue weighted by Crippen LogP contribution is -2.22. The van der Waals surface area contributed by atoms with Crippen LogP contribution in [0.4, 0.5) is 0 Å². The van der Waals surface area contributed by atoms with Gasteiger partial charge in [-0.2, -0.15) is 0 Å². The zero-order valence-electron chi connectivity index (χ0n) is 7.49. The van der Waals surface area contributed by atoms with Gasteiger partial charge in [0.15, 0.2) is 0 Å². The molecule has 70 valence electrons. The van der Waals surface area contributed by atoms with Crippen LogP contribution in [0, 0.1) is 0 Å². The highest BCUT2D eigenvalue weighted by Crippen LogP contribution is 2.07. The second kappa shape index (κ2) is 6.25. The van der Waals surface area contributed by atoms with Crippen molar-refractivity contribution in [3.63, 3.8) is 0 Å². The quantitative estimate of drug-likeness (QED) is 0.511. The summed E-state index contributed by atoms with van der Waals surface area (Å²) in [4.78, 5) is 12.6. The van der Waals surface area contributed by atoms with Crippen molar-refractivity contribution in [1.29, 1.82) is 0 Å². The summed E-state index contributed by atoms with van der Waals surface area (Å²) in [5, 5.41) is 0. The molecule has 0 heterocycles. The van der Waals surface area contributed by atoms with Crippen LogP contribution in [0.3, 0.4) is 0 Å². The number of methoxy groups -OCH3 is 1. The lowest BCUT2D eigenvalue weighted by atomic mass is 10.7. The van der Waals surface area contributed by atoms with Crippen LogP contribution in [0.25, 0.3) is 0 Å². The molecule has 0 aromatic rings. The second-order valence-corrected chi connectivity index (χ2v) is 3.75. The van der Waals surface area contributed by atoms with E-state index >= 15 is 0 Å². The number of esters is 1. The average molecular weight is 207 g/mol. The van der Waals surface area contributed by atoms with Crippen LogP contribution >= 0.6 is 24.0 Å². The Bertz CT molecular complexity index is 173. The fourth-order valence-corrected chi connectivity index (χ4v) is 1.43. The summed E-state index contributed by atoms with van der Waals surface area (Å²) in [7, 11) is 3.27. The van der Waals surface area contributed by atoms with Crippen LogP contribution in [0.5, 0.6) is 0 Å². The first-order chi connectivity index (χ1) is 5.61. The number of rotatable bonds is 3. The molecule has 0 N–H and O–H groups in total. The van der Waals surface area contributed by atoms with Crippen molar-refractivity contribution in [3.05, 3.63) is 0 Å². The summed E-state index contributed by atoms with van der Waals surface area (Å²) < 4.78 is 5.20. The molecule has 3 nitrogen and oxygen atoms in total. The Labute approximate surface area is 82.4 Å². The molecule has 0 aromatic carbocycles. The van der Waals surface area contributed by atoms with Gasteiger partial charge >= 0.3 is 5.97 Å². The smallest absolute Gasteiger partial charge is 0.316 e. The molecule has 0 aliphatic heterocycles. The monoisotopic (exact) mass is 207 g/mol. The Morgan fingerprint density at radius 3 is 2.67 bits per heavy atom. The Kier molecular flexibility index (Phi) is 6.10. The number of thiocarbonyl (C=S) groups is 1. The maximum Gasteiger partial charge on any atom is 0.316 e. The fraction of sp³-hybridized carbons (Fsp3) is 0.714. The first-order valence-corrected chi connectivity index (χ1v) is 4.95. The molecule has 0 aliphatic rings. The molecule has 0 fully saturated rings. The van der Waals surface area contributed by atoms with E-state index in [0.29, 0.717) is 5.75 Å². The molecule has 0 spiro atoms. The Morgan fingerprint density at radius 1 is 1.67 bits per heavy atom. The third-order valence-electron chi connectivity index (χ3n) is 1.33. The molecule has 0 atom stereocenters. The predicted octanol–water partition coefficient (Wildman–Crippen LogP) is 1.13. The zero-order valence-corrected chi connectivity index (χ0v) is 9.13. The molecular weight excluding hydrogens is 194 g/mol. The van der Waals surface area contributed by atoms with Crippen molar-refractivity contribution >= 4 is 34.3 Å². The minimum Gasteiger partial charge on any atom is -0.468 e. The molecule has 0 aromatic heterocycles. The number of hydrogen-bond acceptors (Lipinski definition) is 4. The highest BCUT2D eigenvalue weighted by molar-refractivity contribution is 8.23. The predicted molar refractivity (Wildman–Crippen MR) is 55.4 cm³/mol. The summed E-state index contributed by atoms with van der Waals surface area (Å²) >= 11 is 6.35. The van der Waals surface area contributed by atoms with E-state index in [4.69, 9.17) is 12.2 Å². The van der Waals surface area contributed by atoms with Gasteiger partial charge in [0.05, 0.1) is 12.9 Å². The van der Waals surface area contributed by atoms with E-state index in [1.54, 1.807) is 0 Å². The summed E-state index contributed by atoms with van der Waals surface area (Å²) in [5.74, 6) is 0.0477. The van der Waals surface area contributed by atoms with Gasteiger partial charge in [-0.05, 0) is 6.92 Å². The normalized spacial score (nSPS) is 9.25. The Morgan fingerprint density at radius 2 is 2.25 bits per heavy atom. The van der Waals surface area contributed by atoms with E-state index in [-0.39, 0.29) is 5.97 Å². The lowest BCUT2D eigenvalue weighted by Gasteiger charge is -2.15. The maximum atomic E-state index is 10.7. The molecule has 0 aliphatic carbocycles.